The zero-order valence-electron chi connectivity index (χ0n) is 10.9. The molecule has 4 atom stereocenters. The highest BCUT2D eigenvalue weighted by molar-refractivity contribution is 5.77. The van der Waals surface area contributed by atoms with E-state index in [0.717, 1.165) is 5.52 Å². The number of aliphatic hydroxyl groups excluding tert-OH is 3. The Hall–Kier alpha value is -1.67. The Bertz CT molecular complexity index is 614. The van der Waals surface area contributed by atoms with Crippen LogP contribution < -0.4 is 4.74 Å². The third-order valence-corrected chi connectivity index (χ3v) is 3.57. The fourth-order valence-corrected chi connectivity index (χ4v) is 2.45. The van der Waals surface area contributed by atoms with Crippen molar-refractivity contribution in [2.24, 2.45) is 0 Å². The minimum Gasteiger partial charge on any atom is -0.497 e. The van der Waals surface area contributed by atoms with E-state index in [-0.39, 0.29) is 6.61 Å². The SMILES string of the molecule is COc1ccc2c(c1)ncn2[C@H]1O[C@H](CO)[C@@H](O)[C@H]1O. The molecule has 3 rings (SSSR count). The predicted molar refractivity (Wildman–Crippen MR) is 69.3 cm³/mol. The van der Waals surface area contributed by atoms with Gasteiger partial charge in [0.05, 0.1) is 31.1 Å². The van der Waals surface area contributed by atoms with E-state index in [4.69, 9.17) is 14.6 Å². The van der Waals surface area contributed by atoms with Gasteiger partial charge in [-0.3, -0.25) is 0 Å². The number of aromatic nitrogens is 2. The molecule has 1 fully saturated rings. The maximum atomic E-state index is 10.0. The van der Waals surface area contributed by atoms with Gasteiger partial charge in [-0.2, -0.15) is 0 Å². The normalized spacial score (nSPS) is 30.0. The molecule has 2 aromatic rings. The van der Waals surface area contributed by atoms with Crippen molar-refractivity contribution in [1.29, 1.82) is 0 Å². The summed E-state index contributed by atoms with van der Waals surface area (Å²) in [6.45, 7) is -0.352. The molecule has 1 aliphatic rings. The van der Waals surface area contributed by atoms with E-state index in [1.807, 2.05) is 0 Å². The van der Waals surface area contributed by atoms with Crippen molar-refractivity contribution in [2.75, 3.05) is 13.7 Å². The van der Waals surface area contributed by atoms with Crippen LogP contribution in [0.1, 0.15) is 6.23 Å². The first-order valence-corrected chi connectivity index (χ1v) is 6.28. The van der Waals surface area contributed by atoms with E-state index in [1.54, 1.807) is 29.9 Å². The number of methoxy groups -OCH3 is 1. The molecule has 0 aliphatic carbocycles. The Kier molecular flexibility index (Phi) is 3.35. The van der Waals surface area contributed by atoms with Crippen molar-refractivity contribution in [3.8, 4) is 5.75 Å². The molecule has 0 unspecified atom stereocenters. The van der Waals surface area contributed by atoms with Crippen molar-refractivity contribution in [3.63, 3.8) is 0 Å². The van der Waals surface area contributed by atoms with Crippen molar-refractivity contribution in [1.82, 2.24) is 9.55 Å². The van der Waals surface area contributed by atoms with Crippen LogP contribution in [0.4, 0.5) is 0 Å². The quantitative estimate of drug-likeness (QED) is 0.711. The van der Waals surface area contributed by atoms with Gasteiger partial charge in [0.1, 0.15) is 24.1 Å². The molecule has 0 spiro atoms. The van der Waals surface area contributed by atoms with Gasteiger partial charge < -0.3 is 29.4 Å². The zero-order chi connectivity index (χ0) is 14.3. The summed E-state index contributed by atoms with van der Waals surface area (Å²) >= 11 is 0. The summed E-state index contributed by atoms with van der Waals surface area (Å²) in [5, 5.41) is 28.9. The van der Waals surface area contributed by atoms with Crippen molar-refractivity contribution < 1.29 is 24.8 Å². The average molecular weight is 280 g/mol. The molecule has 0 amide bonds. The smallest absolute Gasteiger partial charge is 0.164 e. The van der Waals surface area contributed by atoms with Crippen LogP contribution in [0.15, 0.2) is 24.5 Å². The van der Waals surface area contributed by atoms with Gasteiger partial charge in [-0.15, -0.1) is 0 Å². The Morgan fingerprint density at radius 2 is 2.15 bits per heavy atom. The molecule has 0 bridgehead atoms. The molecule has 108 valence electrons. The molecule has 0 saturated carbocycles. The summed E-state index contributed by atoms with van der Waals surface area (Å²) in [6, 6.07) is 5.35. The summed E-state index contributed by atoms with van der Waals surface area (Å²) in [5.41, 5.74) is 1.45. The van der Waals surface area contributed by atoms with Crippen LogP contribution in [0.5, 0.6) is 5.75 Å². The third kappa shape index (κ3) is 1.95. The minimum atomic E-state index is -1.12. The topological polar surface area (TPSA) is 97.0 Å². The maximum Gasteiger partial charge on any atom is 0.164 e. The van der Waals surface area contributed by atoms with Crippen molar-refractivity contribution in [3.05, 3.63) is 24.5 Å². The molecule has 2 heterocycles. The van der Waals surface area contributed by atoms with E-state index >= 15 is 0 Å². The van der Waals surface area contributed by atoms with Crippen LogP contribution in [-0.4, -0.2) is 56.9 Å². The van der Waals surface area contributed by atoms with Crippen molar-refractivity contribution >= 4 is 11.0 Å². The lowest BCUT2D eigenvalue weighted by atomic mass is 10.1. The lowest BCUT2D eigenvalue weighted by Gasteiger charge is -2.17. The molecule has 7 nitrogen and oxygen atoms in total. The van der Waals surface area contributed by atoms with Gasteiger partial charge in [0.2, 0.25) is 0 Å². The van der Waals surface area contributed by atoms with Crippen LogP contribution in [0.2, 0.25) is 0 Å². The number of ether oxygens (including phenoxy) is 2. The highest BCUT2D eigenvalue weighted by Gasteiger charge is 2.43. The number of aliphatic hydroxyl groups is 3. The monoisotopic (exact) mass is 280 g/mol. The number of nitrogens with zero attached hydrogens (tertiary/aromatic N) is 2. The largest absolute Gasteiger partial charge is 0.497 e. The van der Waals surface area contributed by atoms with Gasteiger partial charge in [0.15, 0.2) is 6.23 Å². The summed E-state index contributed by atoms with van der Waals surface area (Å²) in [7, 11) is 1.57. The molecule has 1 aromatic heterocycles. The summed E-state index contributed by atoms with van der Waals surface area (Å²) < 4.78 is 12.2. The van der Waals surface area contributed by atoms with Crippen LogP contribution in [0.3, 0.4) is 0 Å². The Labute approximate surface area is 115 Å². The van der Waals surface area contributed by atoms with Crippen LogP contribution in [0.25, 0.3) is 11.0 Å². The summed E-state index contributed by atoms with van der Waals surface area (Å²) in [4.78, 5) is 4.23. The number of benzene rings is 1. The first-order chi connectivity index (χ1) is 9.65. The molecule has 7 heteroatoms. The molecule has 1 saturated heterocycles. The average Bonchev–Trinajstić information content (AvgIpc) is 3.01. The second-order valence-electron chi connectivity index (χ2n) is 4.74. The fraction of sp³-hybridized carbons (Fsp3) is 0.462. The van der Waals surface area contributed by atoms with E-state index in [2.05, 4.69) is 4.98 Å². The second kappa shape index (κ2) is 5.02. The standard InChI is InChI=1S/C13H16N2O5/c1-19-7-2-3-9-8(4-7)14-6-15(9)13-12(18)11(17)10(5-16)20-13/h2-4,6,10-13,16-18H,5H2,1H3/t10-,11-,12-,13+/m1/s1. The molecule has 0 radical (unpaired) electrons. The van der Waals surface area contributed by atoms with Gasteiger partial charge in [-0.25, -0.2) is 4.98 Å². The highest BCUT2D eigenvalue weighted by atomic mass is 16.6. The molecule has 1 aromatic carbocycles. The molecule has 3 N–H and O–H groups in total. The van der Waals surface area contributed by atoms with Gasteiger partial charge in [-0.1, -0.05) is 0 Å². The first kappa shape index (κ1) is 13.3. The van der Waals surface area contributed by atoms with E-state index < -0.39 is 24.5 Å². The lowest BCUT2D eigenvalue weighted by molar-refractivity contribution is -0.0508. The second-order valence-corrected chi connectivity index (χ2v) is 4.74. The van der Waals surface area contributed by atoms with Gasteiger partial charge in [0, 0.05) is 6.07 Å². The first-order valence-electron chi connectivity index (χ1n) is 6.28. The van der Waals surface area contributed by atoms with Crippen molar-refractivity contribution in [2.45, 2.75) is 24.5 Å². The zero-order valence-corrected chi connectivity index (χ0v) is 10.9. The van der Waals surface area contributed by atoms with Gasteiger partial charge >= 0.3 is 0 Å². The molecular formula is C13H16N2O5. The number of rotatable bonds is 3. The molecule has 20 heavy (non-hydrogen) atoms. The van der Waals surface area contributed by atoms with Crippen LogP contribution in [-0.2, 0) is 4.74 Å². The minimum absolute atomic E-state index is 0.352. The van der Waals surface area contributed by atoms with E-state index in [1.165, 1.54) is 6.33 Å². The van der Waals surface area contributed by atoms with Gasteiger partial charge in [-0.05, 0) is 12.1 Å². The third-order valence-electron chi connectivity index (χ3n) is 3.57. The van der Waals surface area contributed by atoms with E-state index in [9.17, 15) is 10.2 Å². The van der Waals surface area contributed by atoms with Crippen LogP contribution >= 0.6 is 0 Å². The van der Waals surface area contributed by atoms with Crippen LogP contribution in [0, 0.1) is 0 Å². The highest BCUT2D eigenvalue weighted by Crippen LogP contribution is 2.32. The predicted octanol–water partition coefficient (Wildman–Crippen LogP) is -0.344. The Balaban J connectivity index is 1.98. The number of hydrogen-bond acceptors (Lipinski definition) is 6. The Morgan fingerprint density at radius 1 is 1.35 bits per heavy atom. The van der Waals surface area contributed by atoms with E-state index in [0.29, 0.717) is 11.3 Å². The summed E-state index contributed by atoms with van der Waals surface area (Å²) in [6.07, 6.45) is -2.29. The molecular weight excluding hydrogens is 264 g/mol. The van der Waals surface area contributed by atoms with Gasteiger partial charge in [0.25, 0.3) is 0 Å². The number of fused-ring (bicyclic) bond motifs is 1. The molecule has 1 aliphatic heterocycles. The Morgan fingerprint density at radius 3 is 2.80 bits per heavy atom. The fourth-order valence-electron chi connectivity index (χ4n) is 2.45. The number of imidazole rings is 1. The lowest BCUT2D eigenvalue weighted by Crippen LogP contribution is -2.33. The summed E-state index contributed by atoms with van der Waals surface area (Å²) in [5.74, 6) is 0.684. The number of hydrogen-bond donors (Lipinski definition) is 3. The maximum absolute atomic E-state index is 10.0.